The fraction of sp³-hybridized carbons (Fsp3) is 0.368. The van der Waals surface area contributed by atoms with Gasteiger partial charge in [-0.1, -0.05) is 31.5 Å². The molecule has 0 aliphatic rings. The van der Waals surface area contributed by atoms with E-state index in [1.807, 2.05) is 0 Å². The number of alkyl halides is 3. The second-order valence-corrected chi connectivity index (χ2v) is 8.94. The summed E-state index contributed by atoms with van der Waals surface area (Å²) >= 11 is 5.58. The third-order valence-corrected chi connectivity index (χ3v) is 6.94. The predicted molar refractivity (Wildman–Crippen MR) is 111 cm³/mol. The molecule has 0 saturated carbocycles. The molecule has 0 aliphatic carbocycles. The van der Waals surface area contributed by atoms with Crippen LogP contribution in [0.25, 0.3) is 0 Å². The van der Waals surface area contributed by atoms with Gasteiger partial charge in [0.2, 0.25) is 15.9 Å². The van der Waals surface area contributed by atoms with Crippen LogP contribution in [0.3, 0.4) is 0 Å². The van der Waals surface area contributed by atoms with Gasteiger partial charge < -0.3 is 9.88 Å². The Hall–Kier alpha value is -2.37. The first-order chi connectivity index (χ1) is 14.3. The first kappa shape index (κ1) is 24.9. The maximum absolute atomic E-state index is 12.9. The standard InChI is InChI=1S/C19H21ClF3N3O4S/c1-4-26(5-2)31(29,30)16-9-14(7-6-12(16)3)24-17(27)11-25-10-13(19(21,22)23)8-15(20)18(25)28/h6-10H,4-5,11H2,1-3H3,(H,24,27). The van der Waals surface area contributed by atoms with Gasteiger partial charge in [-0.15, -0.1) is 0 Å². The van der Waals surface area contributed by atoms with Crippen LogP contribution in [0, 0.1) is 6.92 Å². The Morgan fingerprint density at radius 3 is 2.35 bits per heavy atom. The average Bonchev–Trinajstić information content (AvgIpc) is 2.66. The highest BCUT2D eigenvalue weighted by atomic mass is 35.5. The van der Waals surface area contributed by atoms with E-state index in [-0.39, 0.29) is 23.7 Å². The lowest BCUT2D eigenvalue weighted by atomic mass is 10.2. The van der Waals surface area contributed by atoms with Crippen LogP contribution >= 0.6 is 11.6 Å². The molecule has 1 heterocycles. The van der Waals surface area contributed by atoms with Crippen molar-refractivity contribution in [3.8, 4) is 0 Å². The van der Waals surface area contributed by atoms with E-state index in [2.05, 4.69) is 5.32 Å². The fourth-order valence-corrected chi connectivity index (χ4v) is 4.82. The number of aryl methyl sites for hydroxylation is 1. The molecule has 170 valence electrons. The van der Waals surface area contributed by atoms with Gasteiger partial charge in [-0.3, -0.25) is 9.59 Å². The van der Waals surface area contributed by atoms with Gasteiger partial charge in [0.15, 0.2) is 0 Å². The monoisotopic (exact) mass is 479 g/mol. The minimum atomic E-state index is -4.75. The Bertz CT molecular complexity index is 1140. The van der Waals surface area contributed by atoms with E-state index >= 15 is 0 Å². The van der Waals surface area contributed by atoms with Crippen LogP contribution < -0.4 is 10.9 Å². The molecule has 31 heavy (non-hydrogen) atoms. The highest BCUT2D eigenvalue weighted by molar-refractivity contribution is 7.89. The summed E-state index contributed by atoms with van der Waals surface area (Å²) in [5, 5.41) is 1.73. The van der Waals surface area contributed by atoms with Crippen LogP contribution in [0.5, 0.6) is 0 Å². The van der Waals surface area contributed by atoms with Gasteiger partial charge in [0.1, 0.15) is 11.6 Å². The number of nitrogens with one attached hydrogen (secondary N) is 1. The number of carbonyl (C=O) groups is 1. The first-order valence-corrected chi connectivity index (χ1v) is 11.0. The number of carbonyl (C=O) groups excluding carboxylic acids is 1. The number of hydrogen-bond donors (Lipinski definition) is 1. The molecule has 1 amide bonds. The Balaban J connectivity index is 2.32. The normalized spacial score (nSPS) is 12.3. The Kier molecular flexibility index (Phi) is 7.56. The van der Waals surface area contributed by atoms with Gasteiger partial charge in [0.05, 0.1) is 10.5 Å². The van der Waals surface area contributed by atoms with Crippen LogP contribution in [0.1, 0.15) is 25.0 Å². The summed E-state index contributed by atoms with van der Waals surface area (Å²) in [4.78, 5) is 24.3. The minimum Gasteiger partial charge on any atom is -0.324 e. The molecule has 0 aliphatic heterocycles. The number of anilines is 1. The highest BCUT2D eigenvalue weighted by Gasteiger charge is 2.32. The SMILES string of the molecule is CCN(CC)S(=O)(=O)c1cc(NC(=O)Cn2cc(C(F)(F)F)cc(Cl)c2=O)ccc1C. The average molecular weight is 480 g/mol. The number of rotatable bonds is 7. The van der Waals surface area contributed by atoms with Crippen molar-refractivity contribution in [1.29, 1.82) is 0 Å². The summed E-state index contributed by atoms with van der Waals surface area (Å²) in [6.07, 6.45) is -4.25. The molecule has 1 N–H and O–H groups in total. The molecule has 1 aromatic carbocycles. The number of aromatic nitrogens is 1. The van der Waals surface area contributed by atoms with Gasteiger partial charge in [-0.25, -0.2) is 8.42 Å². The molecule has 7 nitrogen and oxygen atoms in total. The molecule has 0 atom stereocenters. The molecule has 0 fully saturated rings. The van der Waals surface area contributed by atoms with E-state index < -0.39 is 44.8 Å². The van der Waals surface area contributed by atoms with Gasteiger partial charge >= 0.3 is 6.18 Å². The molecule has 0 unspecified atom stereocenters. The van der Waals surface area contributed by atoms with E-state index in [0.29, 0.717) is 22.4 Å². The number of halogens is 4. The third kappa shape index (κ3) is 5.66. The molecule has 0 saturated heterocycles. The van der Waals surface area contributed by atoms with Crippen molar-refractivity contribution in [2.75, 3.05) is 18.4 Å². The number of amides is 1. The second-order valence-electron chi connectivity index (χ2n) is 6.63. The Labute approximate surface area is 182 Å². The molecular weight excluding hydrogens is 459 g/mol. The summed E-state index contributed by atoms with van der Waals surface area (Å²) in [7, 11) is -3.80. The maximum Gasteiger partial charge on any atom is 0.417 e. The van der Waals surface area contributed by atoms with Gasteiger partial charge in [0, 0.05) is 25.0 Å². The van der Waals surface area contributed by atoms with Crippen LogP contribution in [0.15, 0.2) is 40.2 Å². The third-order valence-electron chi connectivity index (χ3n) is 4.48. The largest absolute Gasteiger partial charge is 0.417 e. The molecular formula is C19H21ClF3N3O4S. The van der Waals surface area contributed by atoms with E-state index in [9.17, 15) is 31.2 Å². The predicted octanol–water partition coefficient (Wildman–Crippen LogP) is 3.50. The molecule has 1 aromatic heterocycles. The number of benzene rings is 1. The molecule has 2 rings (SSSR count). The van der Waals surface area contributed by atoms with Crippen LogP contribution in [0.4, 0.5) is 18.9 Å². The smallest absolute Gasteiger partial charge is 0.324 e. The van der Waals surface area contributed by atoms with Gasteiger partial charge in [-0.2, -0.15) is 17.5 Å². The van der Waals surface area contributed by atoms with E-state index in [4.69, 9.17) is 11.6 Å². The molecule has 0 spiro atoms. The zero-order valence-electron chi connectivity index (χ0n) is 17.0. The molecule has 2 aromatic rings. The van der Waals surface area contributed by atoms with E-state index in [1.165, 1.54) is 22.5 Å². The Morgan fingerprint density at radius 1 is 1.19 bits per heavy atom. The molecule has 0 radical (unpaired) electrons. The molecule has 0 bridgehead atoms. The number of nitrogens with zero attached hydrogens (tertiary/aromatic N) is 2. The van der Waals surface area contributed by atoms with Crippen molar-refractivity contribution >= 4 is 33.2 Å². The minimum absolute atomic E-state index is 0.00622. The lowest BCUT2D eigenvalue weighted by Crippen LogP contribution is -2.31. The topological polar surface area (TPSA) is 88.5 Å². The lowest BCUT2D eigenvalue weighted by molar-refractivity contribution is -0.138. The van der Waals surface area contributed by atoms with Crippen molar-refractivity contribution in [1.82, 2.24) is 8.87 Å². The first-order valence-electron chi connectivity index (χ1n) is 9.19. The second kappa shape index (κ2) is 9.41. The van der Waals surface area contributed by atoms with E-state index in [1.54, 1.807) is 20.8 Å². The van der Waals surface area contributed by atoms with Crippen molar-refractivity contribution in [2.45, 2.75) is 38.4 Å². The summed E-state index contributed by atoms with van der Waals surface area (Å²) in [5.74, 6) is -0.826. The van der Waals surface area contributed by atoms with Crippen LogP contribution in [0.2, 0.25) is 5.02 Å². The quantitative estimate of drug-likeness (QED) is 0.658. The van der Waals surface area contributed by atoms with Crippen LogP contribution in [-0.4, -0.2) is 36.3 Å². The van der Waals surface area contributed by atoms with Crippen molar-refractivity contribution in [2.24, 2.45) is 0 Å². The zero-order valence-corrected chi connectivity index (χ0v) is 18.5. The summed E-state index contributed by atoms with van der Waals surface area (Å²) < 4.78 is 66.2. The zero-order chi connectivity index (χ0) is 23.6. The van der Waals surface area contributed by atoms with Gasteiger partial charge in [-0.05, 0) is 30.7 Å². The van der Waals surface area contributed by atoms with E-state index in [0.717, 1.165) is 0 Å². The van der Waals surface area contributed by atoms with Gasteiger partial charge in [0.25, 0.3) is 5.56 Å². The Morgan fingerprint density at radius 2 is 1.81 bits per heavy atom. The van der Waals surface area contributed by atoms with Crippen molar-refractivity contribution < 1.29 is 26.4 Å². The molecule has 12 heteroatoms. The lowest BCUT2D eigenvalue weighted by Gasteiger charge is -2.20. The number of pyridine rings is 1. The maximum atomic E-state index is 12.9. The number of hydrogen-bond acceptors (Lipinski definition) is 4. The summed E-state index contributed by atoms with van der Waals surface area (Å²) in [5.41, 5.74) is -1.55. The van der Waals surface area contributed by atoms with Crippen molar-refractivity contribution in [3.63, 3.8) is 0 Å². The van der Waals surface area contributed by atoms with Crippen molar-refractivity contribution in [3.05, 3.63) is 57.0 Å². The summed E-state index contributed by atoms with van der Waals surface area (Å²) in [6, 6.07) is 4.71. The highest BCUT2D eigenvalue weighted by Crippen LogP contribution is 2.29. The number of sulfonamides is 1. The van der Waals surface area contributed by atoms with Crippen LogP contribution in [-0.2, 0) is 27.5 Å². The summed E-state index contributed by atoms with van der Waals surface area (Å²) in [6.45, 7) is 4.77. The fourth-order valence-electron chi connectivity index (χ4n) is 2.89.